The predicted octanol–water partition coefficient (Wildman–Crippen LogP) is 2.51. The quantitative estimate of drug-likeness (QED) is 0.751. The van der Waals surface area contributed by atoms with Crippen molar-refractivity contribution in [2.24, 2.45) is 0 Å². The topological polar surface area (TPSA) is 49.3 Å². The summed E-state index contributed by atoms with van der Waals surface area (Å²) in [7, 11) is 0. The van der Waals surface area contributed by atoms with Gasteiger partial charge < -0.3 is 10.4 Å². The molecule has 100 valence electrons. The summed E-state index contributed by atoms with van der Waals surface area (Å²) in [5, 5.41) is 11.8. The fourth-order valence-electron chi connectivity index (χ4n) is 1.30. The van der Waals surface area contributed by atoms with E-state index in [1.807, 2.05) is 6.92 Å². The van der Waals surface area contributed by atoms with Crippen LogP contribution in [0.2, 0.25) is 0 Å². The van der Waals surface area contributed by atoms with Gasteiger partial charge in [0.25, 0.3) is 0 Å². The molecule has 1 aromatic rings. The van der Waals surface area contributed by atoms with Gasteiger partial charge in [-0.05, 0) is 31.2 Å². The van der Waals surface area contributed by atoms with Crippen LogP contribution in [0, 0.1) is 11.6 Å². The van der Waals surface area contributed by atoms with E-state index in [0.29, 0.717) is 6.54 Å². The Labute approximate surface area is 109 Å². The minimum Gasteiger partial charge on any atom is -0.480 e. The van der Waals surface area contributed by atoms with E-state index in [1.165, 1.54) is 0 Å². The minimum absolute atomic E-state index is 0.125. The lowest BCUT2D eigenvalue weighted by atomic mass is 10.3. The standard InChI is InChI=1S/C12H15F2NO2S/c1-2-5-15-10(12(16)17)7-18-11-6-8(13)3-4-9(11)14/h3-4,6,10,15H,2,5,7H2,1H3,(H,16,17). The molecule has 1 unspecified atom stereocenters. The second-order valence-electron chi connectivity index (χ2n) is 3.73. The van der Waals surface area contributed by atoms with Crippen LogP contribution in [-0.4, -0.2) is 29.4 Å². The fourth-order valence-corrected chi connectivity index (χ4v) is 2.31. The van der Waals surface area contributed by atoms with Gasteiger partial charge in [0.1, 0.15) is 17.7 Å². The van der Waals surface area contributed by atoms with E-state index in [9.17, 15) is 13.6 Å². The predicted molar refractivity (Wildman–Crippen MR) is 66.8 cm³/mol. The van der Waals surface area contributed by atoms with E-state index in [0.717, 1.165) is 36.4 Å². The SMILES string of the molecule is CCCNC(CSc1cc(F)ccc1F)C(=O)O. The Morgan fingerprint density at radius 1 is 1.50 bits per heavy atom. The Balaban J connectivity index is 2.60. The number of rotatable bonds is 7. The zero-order valence-electron chi connectivity index (χ0n) is 9.95. The maximum atomic E-state index is 13.3. The smallest absolute Gasteiger partial charge is 0.321 e. The van der Waals surface area contributed by atoms with Crippen LogP contribution < -0.4 is 5.32 Å². The number of hydrogen-bond acceptors (Lipinski definition) is 3. The van der Waals surface area contributed by atoms with E-state index in [-0.39, 0.29) is 10.6 Å². The summed E-state index contributed by atoms with van der Waals surface area (Å²) in [6, 6.07) is 2.37. The number of benzene rings is 1. The first kappa shape index (κ1) is 14.9. The van der Waals surface area contributed by atoms with E-state index in [1.54, 1.807) is 0 Å². The number of halogens is 2. The van der Waals surface area contributed by atoms with Crippen molar-refractivity contribution in [3.63, 3.8) is 0 Å². The average Bonchev–Trinajstić information content (AvgIpc) is 2.33. The monoisotopic (exact) mass is 275 g/mol. The van der Waals surface area contributed by atoms with Gasteiger partial charge in [-0.15, -0.1) is 11.8 Å². The summed E-state index contributed by atoms with van der Waals surface area (Å²) in [6.07, 6.45) is 0.808. The number of hydrogen-bond donors (Lipinski definition) is 2. The molecule has 0 aliphatic carbocycles. The summed E-state index contributed by atoms with van der Waals surface area (Å²) < 4.78 is 26.2. The molecule has 2 N–H and O–H groups in total. The van der Waals surface area contributed by atoms with Crippen molar-refractivity contribution in [3.05, 3.63) is 29.8 Å². The molecular weight excluding hydrogens is 260 g/mol. The van der Waals surface area contributed by atoms with Crippen LogP contribution in [0.25, 0.3) is 0 Å². The molecule has 0 saturated heterocycles. The zero-order chi connectivity index (χ0) is 13.5. The summed E-state index contributed by atoms with van der Waals surface area (Å²) in [6.45, 7) is 2.49. The largest absolute Gasteiger partial charge is 0.480 e. The molecule has 1 aromatic carbocycles. The highest BCUT2D eigenvalue weighted by atomic mass is 32.2. The molecule has 0 aliphatic heterocycles. The highest BCUT2D eigenvalue weighted by Gasteiger charge is 2.17. The summed E-state index contributed by atoms with van der Waals surface area (Å²) >= 11 is 0.990. The lowest BCUT2D eigenvalue weighted by Gasteiger charge is -2.13. The number of nitrogens with one attached hydrogen (secondary N) is 1. The molecule has 0 fully saturated rings. The zero-order valence-corrected chi connectivity index (χ0v) is 10.8. The van der Waals surface area contributed by atoms with Gasteiger partial charge >= 0.3 is 5.97 Å². The number of carboxylic acid groups (broad SMARTS) is 1. The number of aliphatic carboxylic acids is 1. The first-order valence-corrected chi connectivity index (χ1v) is 6.57. The lowest BCUT2D eigenvalue weighted by molar-refractivity contribution is -0.138. The minimum atomic E-state index is -0.993. The van der Waals surface area contributed by atoms with Gasteiger partial charge in [-0.2, -0.15) is 0 Å². The Hall–Kier alpha value is -1.14. The van der Waals surface area contributed by atoms with E-state index in [2.05, 4.69) is 5.32 Å². The Kier molecular flexibility index (Phi) is 6.07. The molecule has 18 heavy (non-hydrogen) atoms. The van der Waals surface area contributed by atoms with Crippen molar-refractivity contribution in [3.8, 4) is 0 Å². The molecule has 0 saturated carbocycles. The summed E-state index contributed by atoms with van der Waals surface area (Å²) in [5.74, 6) is -1.92. The molecule has 1 rings (SSSR count). The van der Waals surface area contributed by atoms with Gasteiger partial charge in [-0.25, -0.2) is 8.78 Å². The average molecular weight is 275 g/mol. The van der Waals surface area contributed by atoms with Crippen LogP contribution in [0.4, 0.5) is 8.78 Å². The van der Waals surface area contributed by atoms with Crippen molar-refractivity contribution in [1.82, 2.24) is 5.32 Å². The van der Waals surface area contributed by atoms with Crippen LogP contribution >= 0.6 is 11.8 Å². The molecule has 0 aliphatic rings. The first-order valence-electron chi connectivity index (χ1n) is 5.58. The van der Waals surface area contributed by atoms with Crippen LogP contribution in [0.5, 0.6) is 0 Å². The Morgan fingerprint density at radius 3 is 2.83 bits per heavy atom. The number of carboxylic acids is 1. The van der Waals surface area contributed by atoms with Gasteiger partial charge in [-0.1, -0.05) is 6.92 Å². The molecule has 0 amide bonds. The molecule has 0 bridgehead atoms. The molecular formula is C12H15F2NO2S. The lowest BCUT2D eigenvalue weighted by Crippen LogP contribution is -2.39. The third-order valence-corrected chi connectivity index (χ3v) is 3.36. The van der Waals surface area contributed by atoms with Crippen LogP contribution in [0.1, 0.15) is 13.3 Å². The third kappa shape index (κ3) is 4.62. The molecule has 0 aromatic heterocycles. The van der Waals surface area contributed by atoms with Gasteiger partial charge in [0.15, 0.2) is 0 Å². The molecule has 1 atom stereocenters. The van der Waals surface area contributed by atoms with Crippen LogP contribution in [-0.2, 0) is 4.79 Å². The van der Waals surface area contributed by atoms with Crippen molar-refractivity contribution in [2.45, 2.75) is 24.3 Å². The van der Waals surface area contributed by atoms with Gasteiger partial charge in [0.2, 0.25) is 0 Å². The van der Waals surface area contributed by atoms with E-state index >= 15 is 0 Å². The van der Waals surface area contributed by atoms with E-state index < -0.39 is 23.6 Å². The van der Waals surface area contributed by atoms with E-state index in [4.69, 9.17) is 5.11 Å². The molecule has 3 nitrogen and oxygen atoms in total. The fraction of sp³-hybridized carbons (Fsp3) is 0.417. The van der Waals surface area contributed by atoms with Crippen LogP contribution in [0.3, 0.4) is 0 Å². The van der Waals surface area contributed by atoms with Crippen molar-refractivity contribution >= 4 is 17.7 Å². The van der Waals surface area contributed by atoms with Crippen molar-refractivity contribution in [1.29, 1.82) is 0 Å². The molecule has 0 heterocycles. The second-order valence-corrected chi connectivity index (χ2v) is 4.79. The third-order valence-electron chi connectivity index (χ3n) is 2.24. The van der Waals surface area contributed by atoms with Crippen molar-refractivity contribution < 1.29 is 18.7 Å². The number of carbonyl (C=O) groups is 1. The van der Waals surface area contributed by atoms with Crippen molar-refractivity contribution in [2.75, 3.05) is 12.3 Å². The number of thioether (sulfide) groups is 1. The highest BCUT2D eigenvalue weighted by Crippen LogP contribution is 2.23. The maximum absolute atomic E-state index is 13.3. The molecule has 0 spiro atoms. The van der Waals surface area contributed by atoms with Gasteiger partial charge in [0.05, 0.1) is 0 Å². The second kappa shape index (κ2) is 7.33. The first-order chi connectivity index (χ1) is 8.54. The normalized spacial score (nSPS) is 12.4. The summed E-state index contributed by atoms with van der Waals surface area (Å²) in [4.78, 5) is 11.1. The Morgan fingerprint density at radius 2 is 2.22 bits per heavy atom. The molecule has 0 radical (unpaired) electrons. The van der Waals surface area contributed by atoms with Gasteiger partial charge in [0, 0.05) is 10.6 Å². The van der Waals surface area contributed by atoms with Crippen LogP contribution in [0.15, 0.2) is 23.1 Å². The van der Waals surface area contributed by atoms with Gasteiger partial charge in [-0.3, -0.25) is 4.79 Å². The maximum Gasteiger partial charge on any atom is 0.321 e. The highest BCUT2D eigenvalue weighted by molar-refractivity contribution is 7.99. The molecule has 6 heteroatoms. The Bertz CT molecular complexity index is 415. The summed E-state index contributed by atoms with van der Waals surface area (Å²) in [5.41, 5.74) is 0.